The Bertz CT molecular complexity index is 516. The summed E-state index contributed by atoms with van der Waals surface area (Å²) in [6, 6.07) is 5.18. The zero-order valence-electron chi connectivity index (χ0n) is 9.32. The lowest BCUT2D eigenvalue weighted by Gasteiger charge is -2.01. The van der Waals surface area contributed by atoms with Gasteiger partial charge in [0.25, 0.3) is 0 Å². The molecule has 0 N–H and O–H groups in total. The van der Waals surface area contributed by atoms with Gasteiger partial charge in [-0.05, 0) is 18.6 Å². The van der Waals surface area contributed by atoms with Crippen molar-refractivity contribution in [3.63, 3.8) is 0 Å². The van der Waals surface area contributed by atoms with Crippen molar-refractivity contribution < 1.29 is 13.9 Å². The molecule has 0 saturated carbocycles. The molecule has 1 aromatic heterocycles. The average Bonchev–Trinajstić information content (AvgIpc) is 2.57. The predicted molar refractivity (Wildman–Crippen MR) is 59.3 cm³/mol. The van der Waals surface area contributed by atoms with E-state index in [9.17, 15) is 4.79 Å². The van der Waals surface area contributed by atoms with E-state index in [1.807, 2.05) is 6.92 Å². The van der Waals surface area contributed by atoms with Crippen LogP contribution in [-0.2, 0) is 4.79 Å². The molecular formula is C12H13NO3. The summed E-state index contributed by atoms with van der Waals surface area (Å²) < 4.78 is 10.5. The van der Waals surface area contributed by atoms with Crippen LogP contribution in [0.15, 0.2) is 22.6 Å². The van der Waals surface area contributed by atoms with Gasteiger partial charge in [-0.3, -0.25) is 4.79 Å². The summed E-state index contributed by atoms with van der Waals surface area (Å²) in [5.74, 6) is 0.882. The molecule has 0 unspecified atom stereocenters. The fourth-order valence-corrected chi connectivity index (χ4v) is 1.47. The van der Waals surface area contributed by atoms with E-state index in [1.54, 1.807) is 25.1 Å². The summed E-state index contributed by atoms with van der Waals surface area (Å²) in [7, 11) is 0. The minimum absolute atomic E-state index is 0.224. The molecule has 0 amide bonds. The van der Waals surface area contributed by atoms with Crippen molar-refractivity contribution >= 4 is 17.1 Å². The zero-order chi connectivity index (χ0) is 11.5. The fraction of sp³-hybridized carbons (Fsp3) is 0.333. The van der Waals surface area contributed by atoms with E-state index in [1.165, 1.54) is 0 Å². The van der Waals surface area contributed by atoms with Crippen molar-refractivity contribution in [1.82, 2.24) is 4.98 Å². The molecule has 2 aromatic rings. The van der Waals surface area contributed by atoms with E-state index in [0.29, 0.717) is 23.6 Å². The van der Waals surface area contributed by atoms with Gasteiger partial charge in [0.05, 0.1) is 0 Å². The smallest absolute Gasteiger partial charge is 0.311 e. The number of oxazole rings is 1. The van der Waals surface area contributed by atoms with Crippen molar-refractivity contribution in [2.75, 3.05) is 0 Å². The van der Waals surface area contributed by atoms with Gasteiger partial charge in [-0.1, -0.05) is 6.92 Å². The fourth-order valence-electron chi connectivity index (χ4n) is 1.47. The van der Waals surface area contributed by atoms with Crippen LogP contribution in [0.3, 0.4) is 0 Å². The molecule has 0 fully saturated rings. The lowest BCUT2D eigenvalue weighted by molar-refractivity contribution is -0.134. The van der Waals surface area contributed by atoms with Crippen molar-refractivity contribution in [1.29, 1.82) is 0 Å². The molecule has 0 saturated heterocycles. The monoisotopic (exact) mass is 219 g/mol. The molecule has 0 aliphatic heterocycles. The molecule has 0 aliphatic rings. The quantitative estimate of drug-likeness (QED) is 0.588. The Hall–Kier alpha value is -1.84. The number of carbonyl (C=O) groups is 1. The van der Waals surface area contributed by atoms with Gasteiger partial charge in [0.1, 0.15) is 11.3 Å². The van der Waals surface area contributed by atoms with Gasteiger partial charge in [-0.15, -0.1) is 0 Å². The normalized spacial score (nSPS) is 10.6. The van der Waals surface area contributed by atoms with Gasteiger partial charge in [-0.2, -0.15) is 0 Å². The second-order valence-electron chi connectivity index (χ2n) is 3.59. The number of fused-ring (bicyclic) bond motifs is 1. The number of aryl methyl sites for hydroxylation is 1. The van der Waals surface area contributed by atoms with Crippen LogP contribution >= 0.6 is 0 Å². The molecule has 0 spiro atoms. The van der Waals surface area contributed by atoms with E-state index in [0.717, 1.165) is 11.9 Å². The van der Waals surface area contributed by atoms with Gasteiger partial charge in [0.15, 0.2) is 11.5 Å². The number of benzene rings is 1. The Labute approximate surface area is 93.2 Å². The standard InChI is InChI=1S/C12H13NO3/c1-3-4-12(14)16-9-5-6-10-11(7-9)15-8(2)13-10/h5-7H,3-4H2,1-2H3. The van der Waals surface area contributed by atoms with Gasteiger partial charge >= 0.3 is 5.97 Å². The Morgan fingerprint density at radius 1 is 1.50 bits per heavy atom. The second-order valence-corrected chi connectivity index (χ2v) is 3.59. The summed E-state index contributed by atoms with van der Waals surface area (Å²) in [5, 5.41) is 0. The van der Waals surface area contributed by atoms with Gasteiger partial charge in [0.2, 0.25) is 0 Å². The van der Waals surface area contributed by atoms with Crippen LogP contribution in [0.5, 0.6) is 5.75 Å². The van der Waals surface area contributed by atoms with Crippen molar-refractivity contribution in [2.45, 2.75) is 26.7 Å². The topological polar surface area (TPSA) is 52.3 Å². The van der Waals surface area contributed by atoms with Crippen LogP contribution in [0.25, 0.3) is 11.1 Å². The molecule has 16 heavy (non-hydrogen) atoms. The van der Waals surface area contributed by atoms with Crippen LogP contribution in [-0.4, -0.2) is 11.0 Å². The van der Waals surface area contributed by atoms with E-state index >= 15 is 0 Å². The molecule has 1 heterocycles. The first-order valence-electron chi connectivity index (χ1n) is 5.27. The summed E-state index contributed by atoms with van der Waals surface area (Å²) in [4.78, 5) is 15.4. The number of hydrogen-bond acceptors (Lipinski definition) is 4. The highest BCUT2D eigenvalue weighted by Crippen LogP contribution is 2.21. The van der Waals surface area contributed by atoms with Gasteiger partial charge in [-0.25, -0.2) is 4.98 Å². The summed E-state index contributed by atoms with van der Waals surface area (Å²) >= 11 is 0. The highest BCUT2D eigenvalue weighted by Gasteiger charge is 2.07. The Kier molecular flexibility index (Phi) is 2.90. The van der Waals surface area contributed by atoms with Crippen LogP contribution in [0.4, 0.5) is 0 Å². The van der Waals surface area contributed by atoms with E-state index < -0.39 is 0 Å². The van der Waals surface area contributed by atoms with Gasteiger partial charge in [0, 0.05) is 19.4 Å². The molecular weight excluding hydrogens is 206 g/mol. The Morgan fingerprint density at radius 3 is 3.06 bits per heavy atom. The van der Waals surface area contributed by atoms with E-state index in [2.05, 4.69) is 4.98 Å². The van der Waals surface area contributed by atoms with E-state index in [4.69, 9.17) is 9.15 Å². The molecule has 84 valence electrons. The maximum atomic E-state index is 11.3. The predicted octanol–water partition coefficient (Wildman–Crippen LogP) is 2.84. The molecule has 4 heteroatoms. The highest BCUT2D eigenvalue weighted by atomic mass is 16.5. The second kappa shape index (κ2) is 4.35. The molecule has 0 bridgehead atoms. The highest BCUT2D eigenvalue weighted by molar-refractivity contribution is 5.77. The van der Waals surface area contributed by atoms with E-state index in [-0.39, 0.29) is 5.97 Å². The summed E-state index contributed by atoms with van der Waals surface area (Å²) in [6.07, 6.45) is 1.20. The third-order valence-corrected chi connectivity index (χ3v) is 2.15. The molecule has 4 nitrogen and oxygen atoms in total. The average molecular weight is 219 g/mol. The van der Waals surface area contributed by atoms with Crippen LogP contribution in [0.1, 0.15) is 25.7 Å². The third-order valence-electron chi connectivity index (χ3n) is 2.15. The third kappa shape index (κ3) is 2.21. The first-order chi connectivity index (χ1) is 7.69. The van der Waals surface area contributed by atoms with Crippen LogP contribution in [0, 0.1) is 6.92 Å². The van der Waals surface area contributed by atoms with Crippen LogP contribution in [0.2, 0.25) is 0 Å². The van der Waals surface area contributed by atoms with Crippen LogP contribution < -0.4 is 4.74 Å². The lowest BCUT2D eigenvalue weighted by Crippen LogP contribution is -2.06. The molecule has 0 radical (unpaired) electrons. The maximum Gasteiger partial charge on any atom is 0.311 e. The number of esters is 1. The first kappa shape index (κ1) is 10.7. The summed E-state index contributed by atoms with van der Waals surface area (Å²) in [5.41, 5.74) is 1.41. The number of ether oxygens (including phenoxy) is 1. The Morgan fingerprint density at radius 2 is 2.31 bits per heavy atom. The zero-order valence-corrected chi connectivity index (χ0v) is 9.32. The van der Waals surface area contributed by atoms with Crippen molar-refractivity contribution in [2.24, 2.45) is 0 Å². The summed E-state index contributed by atoms with van der Waals surface area (Å²) in [6.45, 7) is 3.72. The number of hydrogen-bond donors (Lipinski definition) is 0. The number of rotatable bonds is 3. The lowest BCUT2D eigenvalue weighted by atomic mass is 10.3. The first-order valence-corrected chi connectivity index (χ1v) is 5.27. The van der Waals surface area contributed by atoms with Gasteiger partial charge < -0.3 is 9.15 Å². The molecule has 0 atom stereocenters. The number of aromatic nitrogens is 1. The number of nitrogens with zero attached hydrogens (tertiary/aromatic N) is 1. The maximum absolute atomic E-state index is 11.3. The van der Waals surface area contributed by atoms with Crippen molar-refractivity contribution in [3.8, 4) is 5.75 Å². The molecule has 0 aliphatic carbocycles. The number of carbonyl (C=O) groups excluding carboxylic acids is 1. The SMILES string of the molecule is CCCC(=O)Oc1ccc2nc(C)oc2c1. The minimum atomic E-state index is -0.224. The molecule has 2 rings (SSSR count). The Balaban J connectivity index is 2.22. The molecule has 1 aromatic carbocycles. The largest absolute Gasteiger partial charge is 0.441 e. The minimum Gasteiger partial charge on any atom is -0.441 e. The van der Waals surface area contributed by atoms with Crippen molar-refractivity contribution in [3.05, 3.63) is 24.1 Å².